The van der Waals surface area contributed by atoms with Crippen LogP contribution >= 0.6 is 0 Å². The topological polar surface area (TPSA) is 92.5 Å². The number of rotatable bonds is 4. The summed E-state index contributed by atoms with van der Waals surface area (Å²) >= 11 is 0. The molecule has 25 heavy (non-hydrogen) atoms. The molecule has 2 aromatic carbocycles. The number of nitrogens with one attached hydrogen (secondary N) is 1. The minimum atomic E-state index is -3.67. The molecule has 0 aliphatic carbocycles. The van der Waals surface area contributed by atoms with E-state index in [1.807, 2.05) is 17.0 Å². The quantitative estimate of drug-likeness (QED) is 0.869. The van der Waals surface area contributed by atoms with E-state index in [0.29, 0.717) is 26.1 Å². The first-order valence-corrected chi connectivity index (χ1v) is 9.69. The van der Waals surface area contributed by atoms with E-state index in [-0.39, 0.29) is 10.9 Å². The summed E-state index contributed by atoms with van der Waals surface area (Å²) in [7, 11) is -3.67. The van der Waals surface area contributed by atoms with Gasteiger partial charge in [-0.25, -0.2) is 18.4 Å². The summed E-state index contributed by atoms with van der Waals surface area (Å²) in [5, 5.41) is 7.99. The maximum Gasteiger partial charge on any atom is 0.317 e. The number of carbonyl (C=O) groups is 1. The normalized spacial score (nSPS) is 14.0. The zero-order valence-electron chi connectivity index (χ0n) is 13.8. The Hall–Kier alpha value is -2.38. The van der Waals surface area contributed by atoms with Gasteiger partial charge in [-0.15, -0.1) is 0 Å². The second-order valence-corrected chi connectivity index (χ2v) is 7.67. The largest absolute Gasteiger partial charge is 0.338 e. The van der Waals surface area contributed by atoms with Crippen LogP contribution < -0.4 is 10.5 Å². The van der Waals surface area contributed by atoms with Crippen molar-refractivity contribution >= 4 is 16.1 Å². The Morgan fingerprint density at radius 2 is 1.76 bits per heavy atom. The van der Waals surface area contributed by atoms with Gasteiger partial charge in [-0.2, -0.15) is 0 Å². The highest BCUT2D eigenvalue weighted by molar-refractivity contribution is 7.89. The summed E-state index contributed by atoms with van der Waals surface area (Å²) in [5.41, 5.74) is 3.45. The van der Waals surface area contributed by atoms with Crippen LogP contribution in [-0.4, -0.2) is 32.4 Å². The van der Waals surface area contributed by atoms with Crippen LogP contribution in [0.3, 0.4) is 0 Å². The standard InChI is InChI=1S/C18H21N3O3S/c19-25(23,24)17-7-5-14(6-8-17)9-11-20-18(22)21-12-10-15-3-1-2-4-16(15)13-21/h1-8H,9-13H2,(H,20,22)(H2,19,23,24). The van der Waals surface area contributed by atoms with Crippen molar-refractivity contribution in [3.05, 3.63) is 65.2 Å². The van der Waals surface area contributed by atoms with Gasteiger partial charge in [0.05, 0.1) is 4.90 Å². The molecule has 2 amide bonds. The van der Waals surface area contributed by atoms with Gasteiger partial charge in [-0.05, 0) is 41.7 Å². The number of sulfonamides is 1. The van der Waals surface area contributed by atoms with Gasteiger partial charge in [0.1, 0.15) is 0 Å². The van der Waals surface area contributed by atoms with Crippen LogP contribution in [0, 0.1) is 0 Å². The SMILES string of the molecule is NS(=O)(=O)c1ccc(CCNC(=O)N2CCc3ccccc3C2)cc1. The predicted molar refractivity (Wildman–Crippen MR) is 95.5 cm³/mol. The smallest absolute Gasteiger partial charge is 0.317 e. The van der Waals surface area contributed by atoms with Crippen LogP contribution in [0.15, 0.2) is 53.4 Å². The van der Waals surface area contributed by atoms with Crippen LogP contribution in [0.1, 0.15) is 16.7 Å². The Kier molecular flexibility index (Phi) is 5.06. The van der Waals surface area contributed by atoms with E-state index >= 15 is 0 Å². The molecule has 0 bridgehead atoms. The summed E-state index contributed by atoms with van der Waals surface area (Å²) in [5.74, 6) is 0. The molecule has 0 atom stereocenters. The number of carbonyl (C=O) groups excluding carboxylic acids is 1. The van der Waals surface area contributed by atoms with Crippen LogP contribution in [0.2, 0.25) is 0 Å². The fourth-order valence-corrected chi connectivity index (χ4v) is 3.46. The van der Waals surface area contributed by atoms with Crippen LogP contribution in [-0.2, 0) is 29.4 Å². The first-order chi connectivity index (χ1) is 11.9. The van der Waals surface area contributed by atoms with Gasteiger partial charge in [-0.1, -0.05) is 36.4 Å². The van der Waals surface area contributed by atoms with Gasteiger partial charge in [0, 0.05) is 19.6 Å². The molecule has 0 fully saturated rings. The minimum absolute atomic E-state index is 0.0735. The van der Waals surface area contributed by atoms with E-state index in [1.54, 1.807) is 12.1 Å². The Morgan fingerprint density at radius 1 is 1.08 bits per heavy atom. The highest BCUT2D eigenvalue weighted by Gasteiger charge is 2.19. The molecule has 3 rings (SSSR count). The highest BCUT2D eigenvalue weighted by Crippen LogP contribution is 2.18. The van der Waals surface area contributed by atoms with Gasteiger partial charge in [0.25, 0.3) is 0 Å². The first-order valence-electron chi connectivity index (χ1n) is 8.15. The maximum absolute atomic E-state index is 12.3. The minimum Gasteiger partial charge on any atom is -0.338 e. The molecule has 6 nitrogen and oxygen atoms in total. The Morgan fingerprint density at radius 3 is 2.44 bits per heavy atom. The van der Waals surface area contributed by atoms with E-state index in [4.69, 9.17) is 5.14 Å². The van der Waals surface area contributed by atoms with Crippen LogP contribution in [0.25, 0.3) is 0 Å². The van der Waals surface area contributed by atoms with E-state index < -0.39 is 10.0 Å². The second-order valence-electron chi connectivity index (χ2n) is 6.11. The van der Waals surface area contributed by atoms with Crippen molar-refractivity contribution < 1.29 is 13.2 Å². The lowest BCUT2D eigenvalue weighted by Gasteiger charge is -2.29. The van der Waals surface area contributed by atoms with Crippen molar-refractivity contribution in [3.63, 3.8) is 0 Å². The summed E-state index contributed by atoms with van der Waals surface area (Å²) in [6, 6.07) is 14.5. The van der Waals surface area contributed by atoms with Crippen molar-refractivity contribution in [2.75, 3.05) is 13.1 Å². The average molecular weight is 359 g/mol. The fourth-order valence-electron chi connectivity index (χ4n) is 2.94. The Bertz CT molecular complexity index is 863. The number of nitrogens with two attached hydrogens (primary N) is 1. The summed E-state index contributed by atoms with van der Waals surface area (Å²) < 4.78 is 22.5. The molecule has 1 heterocycles. The molecule has 1 aliphatic rings. The van der Waals surface area contributed by atoms with Crippen molar-refractivity contribution in [2.45, 2.75) is 24.3 Å². The average Bonchev–Trinajstić information content (AvgIpc) is 2.61. The van der Waals surface area contributed by atoms with Crippen molar-refractivity contribution in [1.29, 1.82) is 0 Å². The van der Waals surface area contributed by atoms with Crippen molar-refractivity contribution in [1.82, 2.24) is 10.2 Å². The molecule has 0 saturated carbocycles. The number of urea groups is 1. The zero-order chi connectivity index (χ0) is 17.9. The van der Waals surface area contributed by atoms with E-state index in [1.165, 1.54) is 23.3 Å². The first kappa shape index (κ1) is 17.4. The lowest BCUT2D eigenvalue weighted by molar-refractivity contribution is 0.192. The summed E-state index contributed by atoms with van der Waals surface area (Å²) in [4.78, 5) is 14.2. The molecule has 0 saturated heterocycles. The third kappa shape index (κ3) is 4.37. The number of benzene rings is 2. The molecule has 0 unspecified atom stereocenters. The fraction of sp³-hybridized carbons (Fsp3) is 0.278. The highest BCUT2D eigenvalue weighted by atomic mass is 32.2. The lowest BCUT2D eigenvalue weighted by atomic mass is 10.0. The lowest BCUT2D eigenvalue weighted by Crippen LogP contribution is -2.43. The Balaban J connectivity index is 1.50. The number of amides is 2. The number of primary sulfonamides is 1. The third-order valence-corrected chi connectivity index (χ3v) is 5.29. The number of hydrogen-bond donors (Lipinski definition) is 2. The van der Waals surface area contributed by atoms with Gasteiger partial charge < -0.3 is 10.2 Å². The molecule has 132 valence electrons. The maximum atomic E-state index is 12.3. The van der Waals surface area contributed by atoms with E-state index in [2.05, 4.69) is 17.4 Å². The molecule has 0 aromatic heterocycles. The predicted octanol–water partition coefficient (Wildman–Crippen LogP) is 1.64. The Labute approximate surface area is 147 Å². The third-order valence-electron chi connectivity index (χ3n) is 4.36. The molecule has 0 spiro atoms. The monoisotopic (exact) mass is 359 g/mol. The van der Waals surface area contributed by atoms with E-state index in [9.17, 15) is 13.2 Å². The van der Waals surface area contributed by atoms with E-state index in [0.717, 1.165) is 12.0 Å². The molecule has 1 aliphatic heterocycles. The van der Waals surface area contributed by atoms with Gasteiger partial charge in [-0.3, -0.25) is 0 Å². The molecule has 3 N–H and O–H groups in total. The molecule has 7 heteroatoms. The van der Waals surface area contributed by atoms with Crippen LogP contribution in [0.5, 0.6) is 0 Å². The second kappa shape index (κ2) is 7.25. The summed E-state index contributed by atoms with van der Waals surface area (Å²) in [6.07, 6.45) is 1.50. The van der Waals surface area contributed by atoms with Crippen molar-refractivity contribution in [3.8, 4) is 0 Å². The molecule has 0 radical (unpaired) electrons. The van der Waals surface area contributed by atoms with Crippen molar-refractivity contribution in [2.24, 2.45) is 5.14 Å². The number of hydrogen-bond acceptors (Lipinski definition) is 3. The summed E-state index contributed by atoms with van der Waals surface area (Å²) in [6.45, 7) is 1.84. The zero-order valence-corrected chi connectivity index (χ0v) is 14.6. The van der Waals surface area contributed by atoms with Gasteiger partial charge >= 0.3 is 6.03 Å². The van der Waals surface area contributed by atoms with Gasteiger partial charge in [0.2, 0.25) is 10.0 Å². The van der Waals surface area contributed by atoms with Crippen LogP contribution in [0.4, 0.5) is 4.79 Å². The molecule has 2 aromatic rings. The van der Waals surface area contributed by atoms with Gasteiger partial charge in [0.15, 0.2) is 0 Å². The number of fused-ring (bicyclic) bond motifs is 1. The number of nitrogens with zero attached hydrogens (tertiary/aromatic N) is 1. The molecular formula is C18H21N3O3S. The molecular weight excluding hydrogens is 338 g/mol.